The number of hydrogen-bond donors (Lipinski definition) is 1. The molecule has 0 spiro atoms. The summed E-state index contributed by atoms with van der Waals surface area (Å²) >= 11 is 0. The highest BCUT2D eigenvalue weighted by atomic mass is 16.5. The lowest BCUT2D eigenvalue weighted by Gasteiger charge is -2.26. The van der Waals surface area contributed by atoms with Crippen molar-refractivity contribution in [1.82, 2.24) is 15.0 Å². The maximum atomic E-state index is 5.32. The number of ether oxygens (including phenoxy) is 2. The third kappa shape index (κ3) is 3.50. The van der Waals surface area contributed by atoms with Crippen LogP contribution in [0.1, 0.15) is 5.76 Å². The van der Waals surface area contributed by atoms with Crippen molar-refractivity contribution in [3.63, 3.8) is 0 Å². The van der Waals surface area contributed by atoms with Crippen LogP contribution in [0.5, 0.6) is 6.01 Å². The van der Waals surface area contributed by atoms with Crippen LogP contribution in [-0.4, -0.2) is 54.6 Å². The fourth-order valence-corrected chi connectivity index (χ4v) is 1.91. The second kappa shape index (κ2) is 6.85. The normalized spacial score (nSPS) is 15.2. The summed E-state index contributed by atoms with van der Waals surface area (Å²) in [5.74, 6) is 1.46. The lowest BCUT2D eigenvalue weighted by Crippen LogP contribution is -2.37. The van der Waals surface area contributed by atoms with E-state index in [1.807, 2.05) is 4.90 Å². The predicted molar refractivity (Wildman–Crippen MR) is 79.3 cm³/mol. The van der Waals surface area contributed by atoms with E-state index in [9.17, 15) is 0 Å². The van der Waals surface area contributed by atoms with E-state index < -0.39 is 0 Å². The first-order chi connectivity index (χ1) is 10.8. The number of anilines is 2. The van der Waals surface area contributed by atoms with Gasteiger partial charge < -0.3 is 18.8 Å². The minimum Gasteiger partial charge on any atom is -0.467 e. The molecule has 1 saturated heterocycles. The van der Waals surface area contributed by atoms with Gasteiger partial charge in [-0.05, 0) is 12.1 Å². The number of furan rings is 1. The number of methoxy groups -OCH3 is 1. The molecular formula is C13H16N6O3. The van der Waals surface area contributed by atoms with Crippen molar-refractivity contribution in [2.75, 3.05) is 43.7 Å². The van der Waals surface area contributed by atoms with Gasteiger partial charge in [-0.15, -0.1) is 0 Å². The third-order valence-electron chi connectivity index (χ3n) is 2.98. The van der Waals surface area contributed by atoms with Crippen molar-refractivity contribution in [3.05, 3.63) is 24.2 Å². The first-order valence-corrected chi connectivity index (χ1v) is 6.80. The van der Waals surface area contributed by atoms with Crippen molar-refractivity contribution in [1.29, 1.82) is 0 Å². The highest BCUT2D eigenvalue weighted by Gasteiger charge is 2.16. The molecule has 9 nitrogen and oxygen atoms in total. The molecule has 116 valence electrons. The largest absolute Gasteiger partial charge is 0.467 e. The van der Waals surface area contributed by atoms with Gasteiger partial charge in [0.2, 0.25) is 5.95 Å². The van der Waals surface area contributed by atoms with Crippen LogP contribution in [0, 0.1) is 0 Å². The molecule has 1 fully saturated rings. The molecule has 1 aliphatic rings. The molecule has 3 rings (SSSR count). The quantitative estimate of drug-likeness (QED) is 0.638. The summed E-state index contributed by atoms with van der Waals surface area (Å²) in [5, 5.41) is 4.03. The van der Waals surface area contributed by atoms with Crippen molar-refractivity contribution < 1.29 is 13.9 Å². The van der Waals surface area contributed by atoms with E-state index in [-0.39, 0.29) is 6.01 Å². The molecule has 9 heteroatoms. The van der Waals surface area contributed by atoms with Gasteiger partial charge in [-0.2, -0.15) is 20.1 Å². The summed E-state index contributed by atoms with van der Waals surface area (Å²) in [6.45, 7) is 2.74. The average molecular weight is 304 g/mol. The third-order valence-corrected chi connectivity index (χ3v) is 2.98. The minimum atomic E-state index is 0.229. The maximum Gasteiger partial charge on any atom is 0.322 e. The number of morpholine rings is 1. The van der Waals surface area contributed by atoms with E-state index >= 15 is 0 Å². The van der Waals surface area contributed by atoms with Gasteiger partial charge in [0.25, 0.3) is 5.95 Å². The Hall–Kier alpha value is -2.68. The lowest BCUT2D eigenvalue weighted by molar-refractivity contribution is 0.122. The maximum absolute atomic E-state index is 5.32. The Morgan fingerprint density at radius 2 is 2.18 bits per heavy atom. The summed E-state index contributed by atoms with van der Waals surface area (Å²) < 4.78 is 15.6. The van der Waals surface area contributed by atoms with Gasteiger partial charge in [-0.25, -0.2) is 5.43 Å². The van der Waals surface area contributed by atoms with Gasteiger partial charge in [-0.3, -0.25) is 0 Å². The van der Waals surface area contributed by atoms with Crippen LogP contribution in [0.15, 0.2) is 27.9 Å². The number of nitrogens with one attached hydrogen (secondary N) is 1. The molecule has 22 heavy (non-hydrogen) atoms. The zero-order valence-corrected chi connectivity index (χ0v) is 12.1. The molecule has 1 aliphatic heterocycles. The Morgan fingerprint density at radius 1 is 1.32 bits per heavy atom. The van der Waals surface area contributed by atoms with Gasteiger partial charge in [0.05, 0.1) is 32.8 Å². The Labute approximate surface area is 127 Å². The number of nitrogens with zero attached hydrogens (tertiary/aromatic N) is 5. The Morgan fingerprint density at radius 3 is 2.91 bits per heavy atom. The highest BCUT2D eigenvalue weighted by molar-refractivity contribution is 5.76. The molecule has 3 heterocycles. The second-order valence-electron chi connectivity index (χ2n) is 4.43. The van der Waals surface area contributed by atoms with E-state index in [2.05, 4.69) is 25.5 Å². The molecule has 0 saturated carbocycles. The number of hydrazone groups is 1. The molecule has 0 bridgehead atoms. The number of rotatable bonds is 5. The van der Waals surface area contributed by atoms with Crippen LogP contribution < -0.4 is 15.1 Å². The fraction of sp³-hybridized carbons (Fsp3) is 0.385. The fourth-order valence-electron chi connectivity index (χ4n) is 1.91. The van der Waals surface area contributed by atoms with Gasteiger partial charge in [0.1, 0.15) is 5.76 Å². The molecule has 0 aromatic carbocycles. The zero-order valence-electron chi connectivity index (χ0n) is 12.1. The van der Waals surface area contributed by atoms with Crippen molar-refractivity contribution in [2.45, 2.75) is 0 Å². The van der Waals surface area contributed by atoms with Crippen LogP contribution in [0.2, 0.25) is 0 Å². The van der Waals surface area contributed by atoms with E-state index in [1.165, 1.54) is 13.3 Å². The Balaban J connectivity index is 1.74. The number of aromatic nitrogens is 3. The van der Waals surface area contributed by atoms with Crippen molar-refractivity contribution >= 4 is 18.1 Å². The summed E-state index contributed by atoms with van der Waals surface area (Å²) in [5.41, 5.74) is 2.75. The topological polar surface area (TPSA) is 97.9 Å². The molecular weight excluding hydrogens is 288 g/mol. The van der Waals surface area contributed by atoms with Gasteiger partial charge in [0.15, 0.2) is 0 Å². The van der Waals surface area contributed by atoms with E-state index in [4.69, 9.17) is 13.9 Å². The van der Waals surface area contributed by atoms with Crippen LogP contribution in [0.3, 0.4) is 0 Å². The molecule has 0 unspecified atom stereocenters. The monoisotopic (exact) mass is 304 g/mol. The zero-order chi connectivity index (χ0) is 15.2. The Bertz CT molecular complexity index is 625. The highest BCUT2D eigenvalue weighted by Crippen LogP contribution is 2.15. The van der Waals surface area contributed by atoms with Crippen molar-refractivity contribution in [2.24, 2.45) is 5.10 Å². The van der Waals surface area contributed by atoms with E-state index in [0.29, 0.717) is 30.9 Å². The number of hydrogen-bond acceptors (Lipinski definition) is 9. The molecule has 2 aromatic rings. The SMILES string of the molecule is COc1nc(N/N=C/c2ccco2)nc(N2CCOCC2)n1. The first kappa shape index (κ1) is 14.3. The van der Waals surface area contributed by atoms with Gasteiger partial charge >= 0.3 is 6.01 Å². The lowest BCUT2D eigenvalue weighted by atomic mass is 10.4. The molecule has 0 aliphatic carbocycles. The average Bonchev–Trinajstić information content (AvgIpc) is 3.09. The summed E-state index contributed by atoms with van der Waals surface area (Å²) in [4.78, 5) is 14.7. The predicted octanol–water partition coefficient (Wildman–Crippen LogP) is 0.756. The standard InChI is InChI=1S/C13H16N6O3/c1-20-13-16-11(18-14-9-10-3-2-6-22-10)15-12(17-13)19-4-7-21-8-5-19/h2-3,6,9H,4-5,7-8H2,1H3,(H,15,16,17,18)/b14-9+. The van der Waals surface area contributed by atoms with Crippen LogP contribution >= 0.6 is 0 Å². The molecule has 0 radical (unpaired) electrons. The minimum absolute atomic E-state index is 0.229. The summed E-state index contributed by atoms with van der Waals surface area (Å²) in [7, 11) is 1.51. The van der Waals surface area contributed by atoms with E-state index in [1.54, 1.807) is 18.4 Å². The summed E-state index contributed by atoms with van der Waals surface area (Å²) in [6, 6.07) is 3.80. The van der Waals surface area contributed by atoms with Gasteiger partial charge in [0, 0.05) is 13.1 Å². The second-order valence-corrected chi connectivity index (χ2v) is 4.43. The molecule has 1 N–H and O–H groups in total. The van der Waals surface area contributed by atoms with Crippen molar-refractivity contribution in [3.8, 4) is 6.01 Å². The van der Waals surface area contributed by atoms with Crippen LogP contribution in [0.25, 0.3) is 0 Å². The molecule has 2 aromatic heterocycles. The summed E-state index contributed by atoms with van der Waals surface area (Å²) in [6.07, 6.45) is 3.11. The van der Waals surface area contributed by atoms with E-state index in [0.717, 1.165) is 13.1 Å². The first-order valence-electron chi connectivity index (χ1n) is 6.80. The molecule has 0 amide bonds. The van der Waals surface area contributed by atoms with Gasteiger partial charge in [-0.1, -0.05) is 0 Å². The smallest absolute Gasteiger partial charge is 0.322 e. The van der Waals surface area contributed by atoms with Crippen LogP contribution in [0.4, 0.5) is 11.9 Å². The van der Waals surface area contributed by atoms with Crippen LogP contribution in [-0.2, 0) is 4.74 Å². The Kier molecular flexibility index (Phi) is 4.44. The molecule has 0 atom stereocenters.